The molecule has 0 aliphatic carbocycles. The Labute approximate surface area is 135 Å². The van der Waals surface area contributed by atoms with Crippen molar-refractivity contribution in [3.63, 3.8) is 0 Å². The SMILES string of the molecule is COC(=O)c1cc(-n2c(=O)cc(C(F)(F)F)n(C)c2=O)c(F)cc1F. The normalized spacial score (nSPS) is 11.5. The maximum Gasteiger partial charge on any atom is 0.431 e. The number of hydrogen-bond acceptors (Lipinski definition) is 4. The number of carbonyl (C=O) groups excluding carboxylic acids is 1. The van der Waals surface area contributed by atoms with E-state index in [4.69, 9.17) is 0 Å². The molecular formula is C14H9F5N2O4. The van der Waals surface area contributed by atoms with Crippen LogP contribution in [0.5, 0.6) is 0 Å². The van der Waals surface area contributed by atoms with Crippen LogP contribution >= 0.6 is 0 Å². The van der Waals surface area contributed by atoms with Gasteiger partial charge in [0.2, 0.25) is 0 Å². The van der Waals surface area contributed by atoms with Crippen LogP contribution in [0.1, 0.15) is 16.1 Å². The summed E-state index contributed by atoms with van der Waals surface area (Å²) in [6.07, 6.45) is -5.00. The van der Waals surface area contributed by atoms with E-state index in [-0.39, 0.29) is 21.3 Å². The zero-order valence-electron chi connectivity index (χ0n) is 12.6. The lowest BCUT2D eigenvalue weighted by Crippen LogP contribution is -2.41. The lowest BCUT2D eigenvalue weighted by Gasteiger charge is -2.14. The fraction of sp³-hybridized carbons (Fsp3) is 0.214. The molecule has 1 heterocycles. The number of halogens is 5. The van der Waals surface area contributed by atoms with Gasteiger partial charge in [0.15, 0.2) is 0 Å². The number of esters is 1. The highest BCUT2D eigenvalue weighted by atomic mass is 19.4. The summed E-state index contributed by atoms with van der Waals surface area (Å²) in [4.78, 5) is 35.5. The molecule has 0 aliphatic rings. The van der Waals surface area contributed by atoms with Gasteiger partial charge in [-0.25, -0.2) is 22.9 Å². The monoisotopic (exact) mass is 364 g/mol. The number of methoxy groups -OCH3 is 1. The van der Waals surface area contributed by atoms with Crippen molar-refractivity contribution in [1.29, 1.82) is 0 Å². The number of aromatic nitrogens is 2. The smallest absolute Gasteiger partial charge is 0.431 e. The summed E-state index contributed by atoms with van der Waals surface area (Å²) in [6.45, 7) is 0. The van der Waals surface area contributed by atoms with Gasteiger partial charge in [-0.15, -0.1) is 0 Å². The molecule has 0 bridgehead atoms. The van der Waals surface area contributed by atoms with Gasteiger partial charge in [0.25, 0.3) is 5.56 Å². The average Bonchev–Trinajstić information content (AvgIpc) is 2.51. The molecule has 2 rings (SSSR count). The quantitative estimate of drug-likeness (QED) is 0.600. The third-order valence-electron chi connectivity index (χ3n) is 3.29. The summed E-state index contributed by atoms with van der Waals surface area (Å²) in [5.74, 6) is -3.98. The average molecular weight is 364 g/mol. The number of benzene rings is 1. The Balaban J connectivity index is 2.85. The fourth-order valence-corrected chi connectivity index (χ4v) is 2.09. The lowest BCUT2D eigenvalue weighted by atomic mass is 10.1. The van der Waals surface area contributed by atoms with Crippen LogP contribution in [-0.2, 0) is 18.0 Å². The highest BCUT2D eigenvalue weighted by Gasteiger charge is 2.35. The molecule has 134 valence electrons. The van der Waals surface area contributed by atoms with Gasteiger partial charge in [-0.2, -0.15) is 13.2 Å². The van der Waals surface area contributed by atoms with E-state index in [2.05, 4.69) is 4.74 Å². The second kappa shape index (κ2) is 6.15. The first-order valence-corrected chi connectivity index (χ1v) is 6.47. The molecule has 2 aromatic rings. The molecule has 0 spiro atoms. The molecule has 0 radical (unpaired) electrons. The Morgan fingerprint density at radius 2 is 1.68 bits per heavy atom. The minimum atomic E-state index is -5.00. The minimum absolute atomic E-state index is 0.0520. The van der Waals surface area contributed by atoms with Gasteiger partial charge < -0.3 is 4.74 Å². The summed E-state index contributed by atoms with van der Waals surface area (Å²) < 4.78 is 70.4. The molecule has 1 aromatic heterocycles. The Morgan fingerprint density at radius 3 is 2.20 bits per heavy atom. The van der Waals surface area contributed by atoms with E-state index < -0.39 is 52.0 Å². The van der Waals surface area contributed by atoms with Crippen molar-refractivity contribution in [2.75, 3.05) is 7.11 Å². The van der Waals surface area contributed by atoms with Crippen molar-refractivity contribution >= 4 is 5.97 Å². The standard InChI is InChI=1S/C14H9F5N2O4/c1-20-10(14(17,18)19)5-11(22)21(13(20)24)9-3-6(12(23)25-2)7(15)4-8(9)16/h3-5H,1-2H3. The van der Waals surface area contributed by atoms with Gasteiger partial charge in [-0.05, 0) is 6.07 Å². The van der Waals surface area contributed by atoms with Crippen LogP contribution in [0.3, 0.4) is 0 Å². The van der Waals surface area contributed by atoms with Crippen LogP contribution in [0.4, 0.5) is 22.0 Å². The van der Waals surface area contributed by atoms with Gasteiger partial charge in [-0.3, -0.25) is 9.36 Å². The fourth-order valence-electron chi connectivity index (χ4n) is 2.09. The number of carbonyl (C=O) groups is 1. The Kier molecular flexibility index (Phi) is 4.51. The molecule has 0 amide bonds. The third kappa shape index (κ3) is 3.16. The van der Waals surface area contributed by atoms with Crippen molar-refractivity contribution in [1.82, 2.24) is 9.13 Å². The first kappa shape index (κ1) is 18.4. The van der Waals surface area contributed by atoms with E-state index in [9.17, 15) is 36.3 Å². The van der Waals surface area contributed by atoms with E-state index >= 15 is 0 Å². The highest BCUT2D eigenvalue weighted by molar-refractivity contribution is 5.90. The molecule has 0 atom stereocenters. The summed E-state index contributed by atoms with van der Waals surface area (Å²) in [6, 6.07) is 0.805. The summed E-state index contributed by atoms with van der Waals surface area (Å²) >= 11 is 0. The highest BCUT2D eigenvalue weighted by Crippen LogP contribution is 2.27. The zero-order valence-corrected chi connectivity index (χ0v) is 12.6. The number of hydrogen-bond donors (Lipinski definition) is 0. The molecular weight excluding hydrogens is 355 g/mol. The van der Waals surface area contributed by atoms with E-state index in [0.717, 1.165) is 14.2 Å². The van der Waals surface area contributed by atoms with Crippen LogP contribution in [0.2, 0.25) is 0 Å². The number of alkyl halides is 3. The second-order valence-electron chi connectivity index (χ2n) is 4.82. The third-order valence-corrected chi connectivity index (χ3v) is 3.29. The molecule has 25 heavy (non-hydrogen) atoms. The summed E-state index contributed by atoms with van der Waals surface area (Å²) in [5.41, 5.74) is -6.26. The molecule has 0 aliphatic heterocycles. The van der Waals surface area contributed by atoms with Gasteiger partial charge in [-0.1, -0.05) is 0 Å². The Bertz CT molecular complexity index is 975. The van der Waals surface area contributed by atoms with Crippen molar-refractivity contribution in [2.45, 2.75) is 6.18 Å². The second-order valence-corrected chi connectivity index (χ2v) is 4.82. The van der Waals surface area contributed by atoms with Crippen molar-refractivity contribution in [2.24, 2.45) is 7.05 Å². The molecule has 0 saturated heterocycles. The Hall–Kier alpha value is -2.98. The van der Waals surface area contributed by atoms with Gasteiger partial charge in [0.05, 0.1) is 18.4 Å². The van der Waals surface area contributed by atoms with Gasteiger partial charge >= 0.3 is 17.8 Å². The van der Waals surface area contributed by atoms with Crippen LogP contribution in [-0.4, -0.2) is 22.2 Å². The van der Waals surface area contributed by atoms with Crippen LogP contribution in [0.25, 0.3) is 5.69 Å². The largest absolute Gasteiger partial charge is 0.465 e. The number of ether oxygens (including phenoxy) is 1. The number of nitrogens with zero attached hydrogens (tertiary/aromatic N) is 2. The molecule has 0 unspecified atom stereocenters. The van der Waals surface area contributed by atoms with Gasteiger partial charge in [0, 0.05) is 19.2 Å². The minimum Gasteiger partial charge on any atom is -0.465 e. The maximum atomic E-state index is 14.0. The summed E-state index contributed by atoms with van der Waals surface area (Å²) in [5, 5.41) is 0. The predicted octanol–water partition coefficient (Wildman–Crippen LogP) is 1.62. The lowest BCUT2D eigenvalue weighted by molar-refractivity contribution is -0.144. The summed E-state index contributed by atoms with van der Waals surface area (Å²) in [7, 11) is 1.64. The number of rotatable bonds is 2. The predicted molar refractivity (Wildman–Crippen MR) is 73.5 cm³/mol. The molecule has 0 saturated carbocycles. The van der Waals surface area contributed by atoms with E-state index in [1.165, 1.54) is 0 Å². The van der Waals surface area contributed by atoms with Crippen molar-refractivity contribution < 1.29 is 31.5 Å². The zero-order chi connectivity index (χ0) is 19.1. The van der Waals surface area contributed by atoms with Crippen LogP contribution in [0, 0.1) is 11.6 Å². The van der Waals surface area contributed by atoms with Crippen LogP contribution in [0.15, 0.2) is 27.8 Å². The molecule has 6 nitrogen and oxygen atoms in total. The van der Waals surface area contributed by atoms with E-state index in [0.29, 0.717) is 6.07 Å². The molecule has 0 N–H and O–H groups in total. The van der Waals surface area contributed by atoms with E-state index in [1.807, 2.05) is 0 Å². The molecule has 1 aromatic carbocycles. The van der Waals surface area contributed by atoms with Gasteiger partial charge in [0.1, 0.15) is 17.3 Å². The van der Waals surface area contributed by atoms with Crippen molar-refractivity contribution in [3.05, 3.63) is 61.9 Å². The first-order chi connectivity index (χ1) is 11.5. The van der Waals surface area contributed by atoms with Crippen LogP contribution < -0.4 is 11.2 Å². The molecule has 0 fully saturated rings. The first-order valence-electron chi connectivity index (χ1n) is 6.47. The maximum absolute atomic E-state index is 14.0. The molecule has 11 heteroatoms. The van der Waals surface area contributed by atoms with E-state index in [1.54, 1.807) is 0 Å². The van der Waals surface area contributed by atoms with Crippen molar-refractivity contribution in [3.8, 4) is 5.69 Å². The topological polar surface area (TPSA) is 70.3 Å². The Morgan fingerprint density at radius 1 is 1.08 bits per heavy atom.